The molecule has 0 spiro atoms. The molecule has 2 aromatic carbocycles. The van der Waals surface area contributed by atoms with Crippen molar-refractivity contribution in [2.24, 2.45) is 0 Å². The van der Waals surface area contributed by atoms with Crippen molar-refractivity contribution in [2.75, 3.05) is 0 Å². The Bertz CT molecular complexity index is 650. The van der Waals surface area contributed by atoms with Crippen LogP contribution in [0.3, 0.4) is 0 Å². The molecule has 0 heterocycles. The Morgan fingerprint density at radius 3 is 2.04 bits per heavy atom. The van der Waals surface area contributed by atoms with Gasteiger partial charge in [0.15, 0.2) is 11.5 Å². The Balaban J connectivity index is 1.75. The molecule has 0 saturated heterocycles. The van der Waals surface area contributed by atoms with E-state index in [2.05, 4.69) is 12.1 Å². The van der Waals surface area contributed by atoms with Gasteiger partial charge in [0.25, 0.3) is 0 Å². The van der Waals surface area contributed by atoms with Crippen LogP contribution in [0.5, 0.6) is 11.5 Å². The van der Waals surface area contributed by atoms with Gasteiger partial charge in [-0.2, -0.15) is 0 Å². The van der Waals surface area contributed by atoms with Crippen LogP contribution >= 0.6 is 0 Å². The second-order valence-corrected chi connectivity index (χ2v) is 5.72. The molecule has 0 saturated carbocycles. The molecule has 4 nitrogen and oxygen atoms in total. The number of aromatic carboxylic acids is 1. The van der Waals surface area contributed by atoms with Gasteiger partial charge in [0.2, 0.25) is 0 Å². The lowest BCUT2D eigenvalue weighted by Gasteiger charge is -2.07. The van der Waals surface area contributed by atoms with E-state index in [1.807, 2.05) is 18.2 Å². The molecule has 0 aliphatic heterocycles. The van der Waals surface area contributed by atoms with Crippen LogP contribution in [0.25, 0.3) is 0 Å². The molecule has 0 fully saturated rings. The summed E-state index contributed by atoms with van der Waals surface area (Å²) in [5.74, 6) is -2.17. The number of rotatable bonds is 8. The van der Waals surface area contributed by atoms with Gasteiger partial charge in [0.05, 0.1) is 0 Å². The molecule has 0 atom stereocenters. The predicted octanol–water partition coefficient (Wildman–Crippen LogP) is 4.14. The van der Waals surface area contributed by atoms with Crippen molar-refractivity contribution in [3.05, 3.63) is 59.2 Å². The van der Waals surface area contributed by atoms with Crippen LogP contribution < -0.4 is 0 Å². The molecule has 0 aromatic heterocycles. The Labute approximate surface area is 136 Å². The van der Waals surface area contributed by atoms with E-state index in [-0.39, 0.29) is 11.3 Å². The maximum absolute atomic E-state index is 11.0. The molecule has 0 aliphatic carbocycles. The standard InChI is InChI=1S/C19H22O4/c20-17-13-15(12-16(18(17)21)19(22)23)11-5-2-1-4-8-14-9-6-3-7-10-14/h3,6-7,9-10,12-13,20-21H,1-2,4-5,8,11H2,(H,22,23). The number of benzene rings is 2. The van der Waals surface area contributed by atoms with E-state index < -0.39 is 11.7 Å². The van der Waals surface area contributed by atoms with Crippen molar-refractivity contribution in [1.29, 1.82) is 0 Å². The SMILES string of the molecule is O=C(O)c1cc(CCCCCCc2ccccc2)cc(O)c1O. The zero-order chi connectivity index (χ0) is 16.7. The van der Waals surface area contributed by atoms with Crippen molar-refractivity contribution in [2.45, 2.75) is 38.5 Å². The highest BCUT2D eigenvalue weighted by Gasteiger charge is 2.14. The summed E-state index contributed by atoms with van der Waals surface area (Å²) < 4.78 is 0. The fourth-order valence-corrected chi connectivity index (χ4v) is 2.64. The topological polar surface area (TPSA) is 77.8 Å². The fourth-order valence-electron chi connectivity index (χ4n) is 2.64. The first-order valence-electron chi connectivity index (χ1n) is 7.90. The van der Waals surface area contributed by atoms with E-state index in [1.54, 1.807) is 0 Å². The average molecular weight is 314 g/mol. The van der Waals surface area contributed by atoms with E-state index in [0.29, 0.717) is 6.42 Å². The van der Waals surface area contributed by atoms with Crippen LogP contribution in [0, 0.1) is 0 Å². The summed E-state index contributed by atoms with van der Waals surface area (Å²) in [6.45, 7) is 0. The van der Waals surface area contributed by atoms with Gasteiger partial charge < -0.3 is 15.3 Å². The fraction of sp³-hybridized carbons (Fsp3) is 0.316. The van der Waals surface area contributed by atoms with Crippen LogP contribution in [0.15, 0.2) is 42.5 Å². The lowest BCUT2D eigenvalue weighted by atomic mass is 10.0. The van der Waals surface area contributed by atoms with Gasteiger partial charge in [-0.15, -0.1) is 0 Å². The lowest BCUT2D eigenvalue weighted by molar-refractivity contribution is 0.0693. The number of phenolic OH excluding ortho intramolecular Hbond substituents is 1. The summed E-state index contributed by atoms with van der Waals surface area (Å²) in [6, 6.07) is 13.2. The number of hydrogen-bond acceptors (Lipinski definition) is 3. The van der Waals surface area contributed by atoms with Gasteiger partial charge >= 0.3 is 5.97 Å². The number of hydrogen-bond donors (Lipinski definition) is 3. The molecule has 0 radical (unpaired) electrons. The molecular weight excluding hydrogens is 292 g/mol. The second kappa shape index (κ2) is 8.22. The Morgan fingerprint density at radius 1 is 0.826 bits per heavy atom. The quantitative estimate of drug-likeness (QED) is 0.505. The number of aromatic hydroxyl groups is 2. The molecule has 122 valence electrons. The highest BCUT2D eigenvalue weighted by Crippen LogP contribution is 2.31. The van der Waals surface area contributed by atoms with Crippen LogP contribution in [0.2, 0.25) is 0 Å². The van der Waals surface area contributed by atoms with Crippen LogP contribution in [-0.4, -0.2) is 21.3 Å². The van der Waals surface area contributed by atoms with Crippen LogP contribution in [0.1, 0.15) is 47.2 Å². The zero-order valence-corrected chi connectivity index (χ0v) is 13.0. The van der Waals surface area contributed by atoms with Crippen LogP contribution in [-0.2, 0) is 12.8 Å². The Hall–Kier alpha value is -2.49. The summed E-state index contributed by atoms with van der Waals surface area (Å²) >= 11 is 0. The smallest absolute Gasteiger partial charge is 0.339 e. The Morgan fingerprint density at radius 2 is 1.43 bits per heavy atom. The number of unbranched alkanes of at least 4 members (excludes halogenated alkanes) is 3. The summed E-state index contributed by atoms with van der Waals surface area (Å²) in [5.41, 5.74) is 1.84. The maximum atomic E-state index is 11.0. The number of phenols is 2. The first-order chi connectivity index (χ1) is 11.1. The third kappa shape index (κ3) is 5.02. The normalized spacial score (nSPS) is 10.6. The molecule has 3 N–H and O–H groups in total. The summed E-state index contributed by atoms with van der Waals surface area (Å²) in [4.78, 5) is 11.0. The van der Waals surface area contributed by atoms with Crippen LogP contribution in [0.4, 0.5) is 0 Å². The van der Waals surface area contributed by atoms with E-state index in [0.717, 1.165) is 37.7 Å². The number of carboxylic acids is 1. The molecule has 4 heteroatoms. The molecule has 23 heavy (non-hydrogen) atoms. The molecule has 0 amide bonds. The van der Waals surface area contributed by atoms with Crippen molar-refractivity contribution in [3.63, 3.8) is 0 Å². The molecule has 0 unspecified atom stereocenters. The van der Waals surface area contributed by atoms with Gasteiger partial charge in [-0.1, -0.05) is 43.2 Å². The number of aryl methyl sites for hydroxylation is 2. The molecular formula is C19H22O4. The number of carboxylic acid groups (broad SMARTS) is 1. The van der Waals surface area contributed by atoms with Crippen molar-refractivity contribution < 1.29 is 20.1 Å². The summed E-state index contributed by atoms with van der Waals surface area (Å²) in [7, 11) is 0. The van der Waals surface area contributed by atoms with Gasteiger partial charge in [-0.25, -0.2) is 4.79 Å². The summed E-state index contributed by atoms with van der Waals surface area (Å²) in [5, 5.41) is 28.1. The Kier molecular flexibility index (Phi) is 6.03. The minimum atomic E-state index is -1.23. The maximum Gasteiger partial charge on any atom is 0.339 e. The second-order valence-electron chi connectivity index (χ2n) is 5.72. The lowest BCUT2D eigenvalue weighted by Crippen LogP contribution is -1.99. The molecule has 0 aliphatic rings. The minimum Gasteiger partial charge on any atom is -0.504 e. The highest BCUT2D eigenvalue weighted by atomic mass is 16.4. The number of carbonyl (C=O) groups is 1. The third-order valence-corrected chi connectivity index (χ3v) is 3.90. The predicted molar refractivity (Wildman–Crippen MR) is 89.0 cm³/mol. The van der Waals surface area contributed by atoms with E-state index in [1.165, 1.54) is 17.7 Å². The van der Waals surface area contributed by atoms with E-state index >= 15 is 0 Å². The van der Waals surface area contributed by atoms with Gasteiger partial charge in [0, 0.05) is 0 Å². The van der Waals surface area contributed by atoms with E-state index in [9.17, 15) is 15.0 Å². The monoisotopic (exact) mass is 314 g/mol. The third-order valence-electron chi connectivity index (χ3n) is 3.90. The van der Waals surface area contributed by atoms with Crippen molar-refractivity contribution >= 4 is 5.97 Å². The molecule has 2 aromatic rings. The van der Waals surface area contributed by atoms with E-state index in [4.69, 9.17) is 5.11 Å². The first-order valence-corrected chi connectivity index (χ1v) is 7.90. The van der Waals surface area contributed by atoms with Crippen molar-refractivity contribution in [1.82, 2.24) is 0 Å². The van der Waals surface area contributed by atoms with Gasteiger partial charge in [-0.05, 0) is 48.9 Å². The van der Waals surface area contributed by atoms with Gasteiger partial charge in [0.1, 0.15) is 5.56 Å². The van der Waals surface area contributed by atoms with Crippen molar-refractivity contribution in [3.8, 4) is 11.5 Å². The first kappa shape index (κ1) is 16.9. The largest absolute Gasteiger partial charge is 0.504 e. The zero-order valence-electron chi connectivity index (χ0n) is 13.0. The molecule has 2 rings (SSSR count). The van der Waals surface area contributed by atoms with Gasteiger partial charge in [-0.3, -0.25) is 0 Å². The minimum absolute atomic E-state index is 0.246. The summed E-state index contributed by atoms with van der Waals surface area (Å²) in [6.07, 6.45) is 5.99. The molecule has 0 bridgehead atoms. The highest BCUT2D eigenvalue weighted by molar-refractivity contribution is 5.92. The average Bonchev–Trinajstić information content (AvgIpc) is 2.54.